The molecule has 2 aromatic carbocycles. The maximum atomic E-state index is 4.81. The summed E-state index contributed by atoms with van der Waals surface area (Å²) in [6, 6.07) is 4.20. The van der Waals surface area contributed by atoms with Crippen molar-refractivity contribution in [2.24, 2.45) is 0 Å². The van der Waals surface area contributed by atoms with Crippen molar-refractivity contribution < 1.29 is 0 Å². The quantitative estimate of drug-likeness (QED) is 0.657. The SMILES string of the molecule is C=C1N(C)c2cc3nn(-c4c(C)c(C)c(C)c(C)c4C)nc3cc2N1C. The van der Waals surface area contributed by atoms with Gasteiger partial charge in [0, 0.05) is 14.1 Å². The van der Waals surface area contributed by atoms with E-state index in [4.69, 9.17) is 10.2 Å². The second kappa shape index (κ2) is 5.34. The largest absolute Gasteiger partial charge is 0.330 e. The molecule has 0 bridgehead atoms. The first-order valence-electron chi connectivity index (χ1n) is 8.87. The minimum Gasteiger partial charge on any atom is -0.330 e. The molecular formula is C21H25N5. The number of aromatic nitrogens is 3. The highest BCUT2D eigenvalue weighted by Crippen LogP contribution is 2.41. The van der Waals surface area contributed by atoms with E-state index in [1.165, 1.54) is 27.8 Å². The molecule has 0 saturated carbocycles. The second-order valence-corrected chi connectivity index (χ2v) is 7.33. The molecule has 5 nitrogen and oxygen atoms in total. The molecule has 0 fully saturated rings. The molecule has 26 heavy (non-hydrogen) atoms. The maximum Gasteiger partial charge on any atom is 0.115 e. The number of benzene rings is 2. The number of hydrogen-bond acceptors (Lipinski definition) is 4. The molecule has 0 amide bonds. The molecule has 4 rings (SSSR count). The van der Waals surface area contributed by atoms with Crippen LogP contribution < -0.4 is 9.80 Å². The molecule has 1 aliphatic heterocycles. The summed E-state index contributed by atoms with van der Waals surface area (Å²) >= 11 is 0. The smallest absolute Gasteiger partial charge is 0.115 e. The third-order valence-electron chi connectivity index (χ3n) is 6.13. The zero-order valence-corrected chi connectivity index (χ0v) is 16.6. The highest BCUT2D eigenvalue weighted by molar-refractivity contribution is 5.92. The Labute approximate surface area is 154 Å². The molecule has 0 radical (unpaired) electrons. The first kappa shape index (κ1) is 16.6. The van der Waals surface area contributed by atoms with Crippen molar-refractivity contribution in [3.8, 4) is 5.69 Å². The first-order valence-corrected chi connectivity index (χ1v) is 8.87. The first-order chi connectivity index (χ1) is 12.2. The Balaban J connectivity index is 1.96. The lowest BCUT2D eigenvalue weighted by Gasteiger charge is -2.17. The summed E-state index contributed by atoms with van der Waals surface area (Å²) in [6.07, 6.45) is 0. The lowest BCUT2D eigenvalue weighted by Crippen LogP contribution is -2.20. The van der Waals surface area contributed by atoms with Gasteiger partial charge in [-0.15, -0.1) is 15.0 Å². The van der Waals surface area contributed by atoms with Crippen LogP contribution in [-0.2, 0) is 0 Å². The zero-order valence-electron chi connectivity index (χ0n) is 16.6. The van der Waals surface area contributed by atoms with E-state index in [-0.39, 0.29) is 0 Å². The Bertz CT molecular complexity index is 1010. The molecule has 0 aliphatic carbocycles. The van der Waals surface area contributed by atoms with E-state index >= 15 is 0 Å². The van der Waals surface area contributed by atoms with Gasteiger partial charge in [0.2, 0.25) is 0 Å². The minimum absolute atomic E-state index is 0.897. The van der Waals surface area contributed by atoms with Gasteiger partial charge in [0.1, 0.15) is 16.9 Å². The molecule has 5 heteroatoms. The van der Waals surface area contributed by atoms with Gasteiger partial charge in [-0.1, -0.05) is 6.58 Å². The van der Waals surface area contributed by atoms with Gasteiger partial charge in [0.25, 0.3) is 0 Å². The van der Waals surface area contributed by atoms with Crippen LogP contribution in [0.3, 0.4) is 0 Å². The summed E-state index contributed by atoms with van der Waals surface area (Å²) < 4.78 is 0. The number of hydrogen-bond donors (Lipinski definition) is 0. The van der Waals surface area contributed by atoms with Crippen molar-refractivity contribution in [1.82, 2.24) is 15.0 Å². The molecule has 0 spiro atoms. The fourth-order valence-corrected chi connectivity index (χ4v) is 3.86. The zero-order chi connectivity index (χ0) is 18.9. The van der Waals surface area contributed by atoms with Crippen LogP contribution in [0.4, 0.5) is 11.4 Å². The summed E-state index contributed by atoms with van der Waals surface area (Å²) in [5.41, 5.74) is 11.5. The van der Waals surface area contributed by atoms with Crippen molar-refractivity contribution >= 4 is 22.4 Å². The Morgan fingerprint density at radius 1 is 0.692 bits per heavy atom. The van der Waals surface area contributed by atoms with E-state index in [1.54, 1.807) is 4.80 Å². The molecule has 0 unspecified atom stereocenters. The molecule has 1 aromatic heterocycles. The van der Waals surface area contributed by atoms with Crippen LogP contribution >= 0.6 is 0 Å². The van der Waals surface area contributed by atoms with Crippen LogP contribution in [0.15, 0.2) is 24.5 Å². The average Bonchev–Trinajstić information content (AvgIpc) is 3.12. The lowest BCUT2D eigenvalue weighted by atomic mass is 9.93. The van der Waals surface area contributed by atoms with Gasteiger partial charge in [-0.2, -0.15) is 0 Å². The van der Waals surface area contributed by atoms with Gasteiger partial charge >= 0.3 is 0 Å². The Morgan fingerprint density at radius 2 is 1.08 bits per heavy atom. The highest BCUT2D eigenvalue weighted by Gasteiger charge is 2.26. The van der Waals surface area contributed by atoms with E-state index in [0.717, 1.165) is 33.9 Å². The summed E-state index contributed by atoms with van der Waals surface area (Å²) in [5, 5.41) is 9.62. The van der Waals surface area contributed by atoms with Crippen molar-refractivity contribution in [3.05, 3.63) is 52.3 Å². The van der Waals surface area contributed by atoms with Gasteiger partial charge in [0.15, 0.2) is 0 Å². The van der Waals surface area contributed by atoms with Gasteiger partial charge in [-0.3, -0.25) is 0 Å². The molecule has 0 N–H and O–H groups in total. The molecule has 3 aromatic rings. The molecular weight excluding hydrogens is 322 g/mol. The van der Waals surface area contributed by atoms with Crippen molar-refractivity contribution in [1.29, 1.82) is 0 Å². The predicted octanol–water partition coefficient (Wildman–Crippen LogP) is 4.32. The van der Waals surface area contributed by atoms with E-state index in [9.17, 15) is 0 Å². The van der Waals surface area contributed by atoms with Crippen molar-refractivity contribution in [2.45, 2.75) is 34.6 Å². The molecule has 134 valence electrons. The number of fused-ring (bicyclic) bond motifs is 2. The summed E-state index contributed by atoms with van der Waals surface area (Å²) in [4.78, 5) is 5.98. The molecule has 1 aliphatic rings. The fourth-order valence-electron chi connectivity index (χ4n) is 3.86. The fraction of sp³-hybridized carbons (Fsp3) is 0.333. The maximum absolute atomic E-state index is 4.81. The van der Waals surface area contributed by atoms with Crippen LogP contribution in [0.1, 0.15) is 27.8 Å². The van der Waals surface area contributed by atoms with Gasteiger partial charge in [-0.05, 0) is 74.6 Å². The Morgan fingerprint density at radius 3 is 1.50 bits per heavy atom. The monoisotopic (exact) mass is 347 g/mol. The molecule has 2 heterocycles. The average molecular weight is 347 g/mol. The van der Waals surface area contributed by atoms with Gasteiger partial charge < -0.3 is 9.80 Å². The highest BCUT2D eigenvalue weighted by atomic mass is 15.5. The molecule has 0 saturated heterocycles. The molecule has 0 atom stereocenters. The van der Waals surface area contributed by atoms with E-state index in [2.05, 4.69) is 63.1 Å². The predicted molar refractivity (Wildman–Crippen MR) is 108 cm³/mol. The topological polar surface area (TPSA) is 37.2 Å². The third-order valence-corrected chi connectivity index (χ3v) is 6.13. The third kappa shape index (κ3) is 2.03. The number of nitrogens with zero attached hydrogens (tertiary/aromatic N) is 5. The Kier molecular flexibility index (Phi) is 3.41. The number of anilines is 2. The van der Waals surface area contributed by atoms with Crippen LogP contribution in [-0.4, -0.2) is 29.1 Å². The summed E-state index contributed by atoms with van der Waals surface area (Å²) in [6.45, 7) is 15.0. The van der Waals surface area contributed by atoms with E-state index in [1.807, 2.05) is 14.1 Å². The van der Waals surface area contributed by atoms with Crippen molar-refractivity contribution in [2.75, 3.05) is 23.9 Å². The van der Waals surface area contributed by atoms with Crippen LogP contribution in [0, 0.1) is 34.6 Å². The van der Waals surface area contributed by atoms with Crippen LogP contribution in [0.5, 0.6) is 0 Å². The minimum atomic E-state index is 0.897. The number of rotatable bonds is 1. The summed E-state index contributed by atoms with van der Waals surface area (Å²) in [5.74, 6) is 0.956. The van der Waals surface area contributed by atoms with Crippen molar-refractivity contribution in [3.63, 3.8) is 0 Å². The summed E-state index contributed by atoms with van der Waals surface area (Å²) in [7, 11) is 4.06. The normalized spacial score (nSPS) is 13.9. The van der Waals surface area contributed by atoms with Gasteiger partial charge in [-0.25, -0.2) is 0 Å². The lowest BCUT2D eigenvalue weighted by molar-refractivity contribution is 0.751. The standard InChI is InChI=1S/C21H25N5/c1-11-12(2)14(4)21(15(5)13(11)3)26-22-17-9-19-20(10-18(17)23-26)25(8)16(6)24(19)7/h9-10H,6H2,1-5,7-8H3. The Hall–Kier alpha value is -2.82. The van der Waals surface area contributed by atoms with Crippen LogP contribution in [0.25, 0.3) is 16.7 Å². The van der Waals surface area contributed by atoms with Crippen LogP contribution in [0.2, 0.25) is 0 Å². The van der Waals surface area contributed by atoms with E-state index < -0.39 is 0 Å². The van der Waals surface area contributed by atoms with E-state index in [0.29, 0.717) is 0 Å². The van der Waals surface area contributed by atoms with Gasteiger partial charge in [0.05, 0.1) is 17.1 Å². The second-order valence-electron chi connectivity index (χ2n) is 7.33.